The number of carbonyl (C=O) groups is 1. The standard InChI is InChI=1S/C11H12N4O3/c16-11(17)10-7-15(14-13-10)5-6-18-8-9-1-3-12-4-2-9/h1-4,7H,5-6,8H2,(H,16,17). The average Bonchev–Trinajstić information content (AvgIpc) is 2.85. The summed E-state index contributed by atoms with van der Waals surface area (Å²) < 4.78 is 6.87. The second-order valence-corrected chi connectivity index (χ2v) is 3.58. The van der Waals surface area contributed by atoms with Crippen LogP contribution in [0.4, 0.5) is 0 Å². The maximum Gasteiger partial charge on any atom is 0.358 e. The summed E-state index contributed by atoms with van der Waals surface area (Å²) in [6.45, 7) is 1.39. The molecule has 0 aliphatic heterocycles. The average molecular weight is 248 g/mol. The van der Waals surface area contributed by atoms with Crippen LogP contribution in [0.1, 0.15) is 16.1 Å². The van der Waals surface area contributed by atoms with Crippen molar-refractivity contribution in [1.29, 1.82) is 0 Å². The summed E-state index contributed by atoms with van der Waals surface area (Å²) in [5, 5.41) is 15.8. The zero-order valence-electron chi connectivity index (χ0n) is 9.56. The number of carboxylic acid groups (broad SMARTS) is 1. The summed E-state index contributed by atoms with van der Waals surface area (Å²) in [5.41, 5.74) is 0.971. The van der Waals surface area contributed by atoms with Crippen LogP contribution in [0.25, 0.3) is 0 Å². The Bertz CT molecular complexity index is 512. The Morgan fingerprint density at radius 1 is 1.39 bits per heavy atom. The van der Waals surface area contributed by atoms with Gasteiger partial charge in [0.05, 0.1) is 26.0 Å². The summed E-state index contributed by atoms with van der Waals surface area (Å²) in [6, 6.07) is 3.75. The van der Waals surface area contributed by atoms with E-state index in [4.69, 9.17) is 9.84 Å². The Morgan fingerprint density at radius 2 is 2.17 bits per heavy atom. The van der Waals surface area contributed by atoms with Gasteiger partial charge in [0.2, 0.25) is 0 Å². The number of aromatic carboxylic acids is 1. The molecule has 0 unspecified atom stereocenters. The Kier molecular flexibility index (Phi) is 3.98. The minimum atomic E-state index is -1.08. The van der Waals surface area contributed by atoms with Gasteiger partial charge in [-0.05, 0) is 17.7 Å². The van der Waals surface area contributed by atoms with Crippen LogP contribution in [0.3, 0.4) is 0 Å². The lowest BCUT2D eigenvalue weighted by molar-refractivity contribution is 0.0690. The van der Waals surface area contributed by atoms with Crippen molar-refractivity contribution in [3.8, 4) is 0 Å². The summed E-state index contributed by atoms with van der Waals surface area (Å²) in [6.07, 6.45) is 4.78. The zero-order chi connectivity index (χ0) is 12.8. The van der Waals surface area contributed by atoms with Crippen LogP contribution in [0.15, 0.2) is 30.7 Å². The number of aromatic nitrogens is 4. The summed E-state index contributed by atoms with van der Waals surface area (Å²) in [4.78, 5) is 14.5. The van der Waals surface area contributed by atoms with Crippen molar-refractivity contribution in [3.05, 3.63) is 42.0 Å². The van der Waals surface area contributed by atoms with E-state index in [0.717, 1.165) is 5.56 Å². The zero-order valence-corrected chi connectivity index (χ0v) is 9.56. The number of nitrogens with zero attached hydrogens (tertiary/aromatic N) is 4. The van der Waals surface area contributed by atoms with Crippen LogP contribution in [-0.2, 0) is 17.9 Å². The van der Waals surface area contributed by atoms with Gasteiger partial charge in [-0.25, -0.2) is 9.48 Å². The second kappa shape index (κ2) is 5.87. The quantitative estimate of drug-likeness (QED) is 0.752. The van der Waals surface area contributed by atoms with Gasteiger partial charge < -0.3 is 9.84 Å². The van der Waals surface area contributed by atoms with Crippen molar-refractivity contribution >= 4 is 5.97 Å². The smallest absolute Gasteiger partial charge is 0.358 e. The fraction of sp³-hybridized carbons (Fsp3) is 0.273. The minimum absolute atomic E-state index is 0.0656. The number of hydrogen-bond acceptors (Lipinski definition) is 5. The monoisotopic (exact) mass is 248 g/mol. The topological polar surface area (TPSA) is 90.1 Å². The third kappa shape index (κ3) is 3.36. The molecule has 2 aromatic heterocycles. The van der Waals surface area contributed by atoms with Crippen molar-refractivity contribution in [3.63, 3.8) is 0 Å². The first-order valence-electron chi connectivity index (χ1n) is 5.36. The molecule has 0 saturated heterocycles. The largest absolute Gasteiger partial charge is 0.476 e. The second-order valence-electron chi connectivity index (χ2n) is 3.58. The molecule has 0 aliphatic rings. The fourth-order valence-electron chi connectivity index (χ4n) is 1.33. The van der Waals surface area contributed by atoms with Crippen LogP contribution in [0.5, 0.6) is 0 Å². The maximum absolute atomic E-state index is 10.6. The van der Waals surface area contributed by atoms with Gasteiger partial charge in [-0.2, -0.15) is 0 Å². The lowest BCUT2D eigenvalue weighted by Gasteiger charge is -2.03. The predicted octanol–water partition coefficient (Wildman–Crippen LogP) is 0.588. The number of rotatable bonds is 6. The summed E-state index contributed by atoms with van der Waals surface area (Å²) >= 11 is 0. The first-order valence-corrected chi connectivity index (χ1v) is 5.36. The van der Waals surface area contributed by atoms with E-state index in [1.807, 2.05) is 12.1 Å². The Morgan fingerprint density at radius 3 is 2.83 bits per heavy atom. The first kappa shape index (κ1) is 12.2. The number of ether oxygens (including phenoxy) is 1. The fourth-order valence-corrected chi connectivity index (χ4v) is 1.33. The Hall–Kier alpha value is -2.28. The van der Waals surface area contributed by atoms with Gasteiger partial charge in [0.15, 0.2) is 5.69 Å². The van der Waals surface area contributed by atoms with E-state index in [1.165, 1.54) is 10.9 Å². The van der Waals surface area contributed by atoms with Crippen molar-refractivity contribution < 1.29 is 14.6 Å². The van der Waals surface area contributed by atoms with Crippen LogP contribution < -0.4 is 0 Å². The van der Waals surface area contributed by atoms with Crippen molar-refractivity contribution in [1.82, 2.24) is 20.0 Å². The molecule has 7 nitrogen and oxygen atoms in total. The van der Waals surface area contributed by atoms with Gasteiger partial charge in [-0.1, -0.05) is 5.21 Å². The molecule has 0 atom stereocenters. The van der Waals surface area contributed by atoms with Gasteiger partial charge in [-0.3, -0.25) is 4.98 Å². The third-order valence-electron chi connectivity index (χ3n) is 2.24. The highest BCUT2D eigenvalue weighted by atomic mass is 16.5. The van der Waals surface area contributed by atoms with Crippen molar-refractivity contribution in [2.45, 2.75) is 13.2 Å². The van der Waals surface area contributed by atoms with E-state index in [9.17, 15) is 4.79 Å². The molecule has 18 heavy (non-hydrogen) atoms. The highest BCUT2D eigenvalue weighted by molar-refractivity contribution is 5.84. The summed E-state index contributed by atoms with van der Waals surface area (Å²) in [7, 11) is 0. The third-order valence-corrected chi connectivity index (χ3v) is 2.24. The molecule has 94 valence electrons. The molecule has 2 heterocycles. The SMILES string of the molecule is O=C(O)c1cn(CCOCc2ccncc2)nn1. The molecule has 2 aromatic rings. The predicted molar refractivity (Wildman–Crippen MR) is 60.9 cm³/mol. The van der Waals surface area contributed by atoms with E-state index in [1.54, 1.807) is 12.4 Å². The highest BCUT2D eigenvalue weighted by Gasteiger charge is 2.07. The van der Waals surface area contributed by atoms with E-state index < -0.39 is 5.97 Å². The molecule has 0 amide bonds. The van der Waals surface area contributed by atoms with Crippen LogP contribution in [0.2, 0.25) is 0 Å². The highest BCUT2D eigenvalue weighted by Crippen LogP contribution is 1.99. The maximum atomic E-state index is 10.6. The normalized spacial score (nSPS) is 10.4. The number of hydrogen-bond donors (Lipinski definition) is 1. The lowest BCUT2D eigenvalue weighted by Crippen LogP contribution is -2.06. The molecule has 0 aromatic carbocycles. The molecular weight excluding hydrogens is 236 g/mol. The summed E-state index contributed by atoms with van der Waals surface area (Å²) in [5.74, 6) is -1.08. The molecule has 2 rings (SSSR count). The van der Waals surface area contributed by atoms with Gasteiger partial charge >= 0.3 is 5.97 Å². The molecule has 0 spiro atoms. The molecule has 7 heteroatoms. The Balaban J connectivity index is 1.73. The van der Waals surface area contributed by atoms with Gasteiger partial charge in [0.1, 0.15) is 0 Å². The van der Waals surface area contributed by atoms with E-state index in [-0.39, 0.29) is 5.69 Å². The molecular formula is C11H12N4O3. The number of carboxylic acids is 1. The van der Waals surface area contributed by atoms with E-state index in [0.29, 0.717) is 19.8 Å². The van der Waals surface area contributed by atoms with E-state index >= 15 is 0 Å². The molecule has 0 bridgehead atoms. The molecule has 0 fully saturated rings. The molecule has 0 radical (unpaired) electrons. The number of pyridine rings is 1. The van der Waals surface area contributed by atoms with Gasteiger partial charge in [0, 0.05) is 12.4 Å². The first-order chi connectivity index (χ1) is 8.75. The van der Waals surface area contributed by atoms with Crippen LogP contribution >= 0.6 is 0 Å². The van der Waals surface area contributed by atoms with Gasteiger partial charge in [0.25, 0.3) is 0 Å². The van der Waals surface area contributed by atoms with E-state index in [2.05, 4.69) is 15.3 Å². The van der Waals surface area contributed by atoms with Gasteiger partial charge in [-0.15, -0.1) is 5.10 Å². The van der Waals surface area contributed by atoms with Crippen molar-refractivity contribution in [2.75, 3.05) is 6.61 Å². The molecule has 0 aliphatic carbocycles. The van der Waals surface area contributed by atoms with Crippen LogP contribution in [0, 0.1) is 0 Å². The van der Waals surface area contributed by atoms with Crippen LogP contribution in [-0.4, -0.2) is 37.7 Å². The van der Waals surface area contributed by atoms with Crippen molar-refractivity contribution in [2.24, 2.45) is 0 Å². The Labute approximate surface area is 103 Å². The molecule has 1 N–H and O–H groups in total. The molecule has 0 saturated carbocycles. The lowest BCUT2D eigenvalue weighted by atomic mass is 10.3. The minimum Gasteiger partial charge on any atom is -0.476 e.